The Balaban J connectivity index is 2.01. The Morgan fingerprint density at radius 3 is 2.30 bits per heavy atom. The van der Waals surface area contributed by atoms with E-state index in [0.29, 0.717) is 6.54 Å². The molecule has 0 aromatic rings. The number of amides is 1. The summed E-state index contributed by atoms with van der Waals surface area (Å²) in [6.07, 6.45) is -3.27. The van der Waals surface area contributed by atoms with E-state index in [0.717, 1.165) is 13.0 Å². The average molecular weight is 292 g/mol. The zero-order valence-corrected chi connectivity index (χ0v) is 12.1. The molecular formula is C14H23F3N2O. The molecule has 1 unspecified atom stereocenters. The van der Waals surface area contributed by atoms with Gasteiger partial charge in [-0.2, -0.15) is 13.2 Å². The highest BCUT2D eigenvalue weighted by molar-refractivity contribution is 5.83. The highest BCUT2D eigenvalue weighted by Crippen LogP contribution is 2.39. The molecule has 2 saturated heterocycles. The summed E-state index contributed by atoms with van der Waals surface area (Å²) in [6.45, 7) is 5.96. The number of carbonyl (C=O) groups excluding carboxylic acids is 1. The fourth-order valence-corrected chi connectivity index (χ4v) is 3.36. The van der Waals surface area contributed by atoms with E-state index < -0.39 is 17.5 Å². The van der Waals surface area contributed by atoms with Gasteiger partial charge in [-0.25, -0.2) is 0 Å². The van der Waals surface area contributed by atoms with Gasteiger partial charge in [0.25, 0.3) is 0 Å². The Bertz CT molecular complexity index is 354. The van der Waals surface area contributed by atoms with Crippen molar-refractivity contribution in [3.05, 3.63) is 0 Å². The van der Waals surface area contributed by atoms with Gasteiger partial charge in [0.05, 0.1) is 11.3 Å². The number of rotatable bonds is 2. The Labute approximate surface area is 117 Å². The van der Waals surface area contributed by atoms with Crippen molar-refractivity contribution in [2.75, 3.05) is 26.2 Å². The molecule has 1 N–H and O–H groups in total. The molecule has 0 radical (unpaired) electrons. The lowest BCUT2D eigenvalue weighted by molar-refractivity contribution is -0.188. The fourth-order valence-electron chi connectivity index (χ4n) is 3.36. The van der Waals surface area contributed by atoms with Crippen molar-refractivity contribution in [3.8, 4) is 0 Å². The van der Waals surface area contributed by atoms with Crippen LogP contribution in [0.1, 0.15) is 33.1 Å². The Hall–Kier alpha value is -0.780. The monoisotopic (exact) mass is 292 g/mol. The fraction of sp³-hybridized carbons (Fsp3) is 0.929. The highest BCUT2D eigenvalue weighted by atomic mass is 19.4. The van der Waals surface area contributed by atoms with Crippen molar-refractivity contribution in [3.63, 3.8) is 0 Å². The summed E-state index contributed by atoms with van der Waals surface area (Å²) in [7, 11) is 0. The van der Waals surface area contributed by atoms with Gasteiger partial charge in [-0.3, -0.25) is 4.79 Å². The summed E-state index contributed by atoms with van der Waals surface area (Å²) in [6, 6.07) is 0. The Morgan fingerprint density at radius 1 is 1.30 bits per heavy atom. The molecule has 116 valence electrons. The van der Waals surface area contributed by atoms with E-state index in [2.05, 4.69) is 5.32 Å². The second-order valence-corrected chi connectivity index (χ2v) is 6.35. The van der Waals surface area contributed by atoms with E-state index in [9.17, 15) is 18.0 Å². The zero-order chi connectivity index (χ0) is 15.0. The largest absolute Gasteiger partial charge is 0.391 e. The van der Waals surface area contributed by atoms with Gasteiger partial charge < -0.3 is 10.2 Å². The average Bonchev–Trinajstić information content (AvgIpc) is 2.87. The van der Waals surface area contributed by atoms with Crippen molar-refractivity contribution in [2.45, 2.75) is 39.3 Å². The molecule has 6 heteroatoms. The van der Waals surface area contributed by atoms with Crippen molar-refractivity contribution in [1.29, 1.82) is 0 Å². The molecule has 0 aliphatic carbocycles. The lowest BCUT2D eigenvalue weighted by Gasteiger charge is -2.40. The minimum Gasteiger partial charge on any atom is -0.342 e. The first-order valence-electron chi connectivity index (χ1n) is 7.34. The minimum absolute atomic E-state index is 0.0385. The van der Waals surface area contributed by atoms with Crippen molar-refractivity contribution >= 4 is 5.91 Å². The predicted molar refractivity (Wildman–Crippen MR) is 70.1 cm³/mol. The van der Waals surface area contributed by atoms with Gasteiger partial charge in [0.1, 0.15) is 0 Å². The summed E-state index contributed by atoms with van der Waals surface area (Å²) >= 11 is 0. The quantitative estimate of drug-likeness (QED) is 0.848. The topological polar surface area (TPSA) is 32.3 Å². The molecule has 2 rings (SSSR count). The van der Waals surface area contributed by atoms with E-state index in [4.69, 9.17) is 0 Å². The summed E-state index contributed by atoms with van der Waals surface area (Å²) in [5.74, 6) is -1.01. The van der Waals surface area contributed by atoms with E-state index >= 15 is 0 Å². The molecule has 2 aliphatic rings. The first-order valence-corrected chi connectivity index (χ1v) is 7.34. The normalized spacial score (nSPS) is 29.2. The highest BCUT2D eigenvalue weighted by Gasteiger charge is 2.48. The van der Waals surface area contributed by atoms with E-state index in [1.165, 1.54) is 0 Å². The van der Waals surface area contributed by atoms with Crippen LogP contribution in [0.15, 0.2) is 0 Å². The third kappa shape index (κ3) is 2.80. The standard InChI is InChI=1S/C14H23F3N2O/c1-10(2)13(5-6-18-9-13)12(20)19-7-3-11(4-8-19)14(15,16)17/h10-11,18H,3-9H2,1-2H3. The minimum atomic E-state index is -4.13. The number of nitrogens with one attached hydrogen (secondary N) is 1. The summed E-state index contributed by atoms with van der Waals surface area (Å²) in [5.41, 5.74) is -0.426. The van der Waals surface area contributed by atoms with Gasteiger partial charge in [-0.05, 0) is 31.7 Å². The van der Waals surface area contributed by atoms with Gasteiger partial charge in [-0.15, -0.1) is 0 Å². The molecule has 2 heterocycles. The summed E-state index contributed by atoms with van der Waals surface area (Å²) in [5, 5.41) is 3.22. The maximum atomic E-state index is 12.7. The van der Waals surface area contributed by atoms with Crippen molar-refractivity contribution in [2.24, 2.45) is 17.3 Å². The van der Waals surface area contributed by atoms with Gasteiger partial charge in [0.2, 0.25) is 5.91 Å². The number of alkyl halides is 3. The molecule has 0 spiro atoms. The Morgan fingerprint density at radius 2 is 1.90 bits per heavy atom. The number of hydrogen-bond acceptors (Lipinski definition) is 2. The lowest BCUT2D eigenvalue weighted by atomic mass is 9.74. The lowest BCUT2D eigenvalue weighted by Crippen LogP contribution is -2.51. The molecule has 2 aliphatic heterocycles. The number of likely N-dealkylation sites (tertiary alicyclic amines) is 1. The number of carbonyl (C=O) groups is 1. The van der Waals surface area contributed by atoms with Crippen LogP contribution in [0.4, 0.5) is 13.2 Å². The van der Waals surface area contributed by atoms with Crippen LogP contribution in [0.5, 0.6) is 0 Å². The van der Waals surface area contributed by atoms with Gasteiger partial charge in [0, 0.05) is 19.6 Å². The summed E-state index contributed by atoms with van der Waals surface area (Å²) < 4.78 is 38.0. The van der Waals surface area contributed by atoms with Gasteiger partial charge in [0.15, 0.2) is 0 Å². The van der Waals surface area contributed by atoms with Crippen LogP contribution in [-0.2, 0) is 4.79 Å². The van der Waals surface area contributed by atoms with Crippen LogP contribution in [0, 0.1) is 17.3 Å². The summed E-state index contributed by atoms with van der Waals surface area (Å²) in [4.78, 5) is 14.4. The van der Waals surface area contributed by atoms with Crippen molar-refractivity contribution < 1.29 is 18.0 Å². The number of halogens is 3. The van der Waals surface area contributed by atoms with Gasteiger partial charge in [-0.1, -0.05) is 13.8 Å². The smallest absolute Gasteiger partial charge is 0.342 e. The van der Waals surface area contributed by atoms with E-state index in [1.807, 2.05) is 13.8 Å². The predicted octanol–water partition coefficient (Wildman–Crippen LogP) is 2.42. The maximum absolute atomic E-state index is 12.7. The van der Waals surface area contributed by atoms with Gasteiger partial charge >= 0.3 is 6.18 Å². The zero-order valence-electron chi connectivity index (χ0n) is 12.1. The number of hydrogen-bond donors (Lipinski definition) is 1. The second kappa shape index (κ2) is 5.54. The first kappa shape index (κ1) is 15.6. The van der Waals surface area contributed by atoms with Crippen LogP contribution >= 0.6 is 0 Å². The van der Waals surface area contributed by atoms with Crippen LogP contribution in [0.2, 0.25) is 0 Å². The second-order valence-electron chi connectivity index (χ2n) is 6.35. The van der Waals surface area contributed by atoms with E-state index in [-0.39, 0.29) is 37.8 Å². The molecule has 0 aromatic carbocycles. The molecule has 0 aromatic heterocycles. The van der Waals surface area contributed by atoms with Crippen molar-refractivity contribution in [1.82, 2.24) is 10.2 Å². The maximum Gasteiger partial charge on any atom is 0.391 e. The van der Waals surface area contributed by atoms with Crippen LogP contribution in [-0.4, -0.2) is 43.2 Å². The van der Waals surface area contributed by atoms with Crippen LogP contribution in [0.25, 0.3) is 0 Å². The Kier molecular flexibility index (Phi) is 4.33. The molecule has 1 amide bonds. The third-order valence-corrected chi connectivity index (χ3v) is 4.96. The van der Waals surface area contributed by atoms with E-state index in [1.54, 1.807) is 4.90 Å². The molecule has 2 fully saturated rings. The molecule has 20 heavy (non-hydrogen) atoms. The van der Waals surface area contributed by atoms with Crippen LogP contribution in [0.3, 0.4) is 0 Å². The number of piperidine rings is 1. The van der Waals surface area contributed by atoms with Crippen LogP contribution < -0.4 is 5.32 Å². The molecule has 0 bridgehead atoms. The molecule has 3 nitrogen and oxygen atoms in total. The molecular weight excluding hydrogens is 269 g/mol. The third-order valence-electron chi connectivity index (χ3n) is 4.96. The number of nitrogens with zero attached hydrogens (tertiary/aromatic N) is 1. The first-order chi connectivity index (χ1) is 9.27. The molecule has 1 atom stereocenters. The SMILES string of the molecule is CC(C)C1(C(=O)N2CCC(C(F)(F)F)CC2)CCNC1. The molecule has 0 saturated carbocycles.